The molecule has 0 amide bonds. The van der Waals surface area contributed by atoms with Crippen molar-refractivity contribution in [2.24, 2.45) is 0 Å². The van der Waals surface area contributed by atoms with E-state index in [1.54, 1.807) is 18.2 Å². The molecule has 0 aliphatic rings. The van der Waals surface area contributed by atoms with E-state index in [1.165, 1.54) is 0 Å². The Labute approximate surface area is 62.6 Å². The monoisotopic (exact) mass is 132 g/mol. The van der Waals surface area contributed by atoms with Gasteiger partial charge in [-0.25, -0.2) is 0 Å². The van der Waals surface area contributed by atoms with Gasteiger partial charge in [-0.15, -0.1) is 0 Å². The molecule has 0 bridgehead atoms. The molecule has 0 fully saturated rings. The lowest BCUT2D eigenvalue weighted by molar-refractivity contribution is 1.70. The summed E-state index contributed by atoms with van der Waals surface area (Å²) in [5.74, 6) is 0. The Hall–Kier alpha value is -1.30. The highest BCUT2D eigenvalue weighted by Gasteiger charge is 1.77. The van der Waals surface area contributed by atoms with Gasteiger partial charge in [0.1, 0.15) is 0 Å². The fourth-order valence-electron chi connectivity index (χ4n) is 0.507. The van der Waals surface area contributed by atoms with Gasteiger partial charge in [0, 0.05) is 0 Å². The summed E-state index contributed by atoms with van der Waals surface area (Å²) in [7, 11) is 0. The lowest BCUT2D eigenvalue weighted by atomic mass is 10.2. The van der Waals surface area contributed by atoms with Crippen molar-refractivity contribution in [1.82, 2.24) is 0 Å². The Bertz CT molecular complexity index is 180. The van der Waals surface area contributed by atoms with Crippen molar-refractivity contribution in [3.8, 4) is 0 Å². The molecule has 0 saturated carbocycles. The van der Waals surface area contributed by atoms with Crippen molar-refractivity contribution >= 4 is 0 Å². The van der Waals surface area contributed by atoms with Crippen LogP contribution in [0.1, 0.15) is 0 Å². The minimum Gasteiger partial charge on any atom is -0.0991 e. The van der Waals surface area contributed by atoms with Crippen LogP contribution < -0.4 is 0 Å². The maximum absolute atomic E-state index is 3.63. The predicted molar refractivity (Wildman–Crippen MR) is 47.8 cm³/mol. The summed E-state index contributed by atoms with van der Waals surface area (Å²) in [6.07, 6.45) is 10.9. The highest BCUT2D eigenvalue weighted by Crippen LogP contribution is 1.97. The van der Waals surface area contributed by atoms with Crippen molar-refractivity contribution in [2.45, 2.75) is 0 Å². The van der Waals surface area contributed by atoms with Crippen molar-refractivity contribution in [2.75, 3.05) is 0 Å². The molecule has 0 aromatic rings. The largest absolute Gasteiger partial charge is 0.0991 e. The molecular formula is C10H12. The summed E-state index contributed by atoms with van der Waals surface area (Å²) in [6.45, 7) is 10.8. The van der Waals surface area contributed by atoms with Crippen molar-refractivity contribution in [3.05, 3.63) is 61.8 Å². The van der Waals surface area contributed by atoms with E-state index in [0.717, 1.165) is 5.57 Å². The van der Waals surface area contributed by atoms with Gasteiger partial charge >= 0.3 is 0 Å². The van der Waals surface area contributed by atoms with Gasteiger partial charge in [0.25, 0.3) is 0 Å². The Kier molecular flexibility index (Phi) is 5.07. The first-order chi connectivity index (χ1) is 4.85. The van der Waals surface area contributed by atoms with Crippen LogP contribution in [0.15, 0.2) is 61.8 Å². The van der Waals surface area contributed by atoms with Crippen molar-refractivity contribution in [3.63, 3.8) is 0 Å². The van der Waals surface area contributed by atoms with Gasteiger partial charge in [-0.2, -0.15) is 0 Å². The Balaban J connectivity index is 4.20. The van der Waals surface area contributed by atoms with Gasteiger partial charge in [-0.1, -0.05) is 56.2 Å². The second-order valence-electron chi connectivity index (χ2n) is 1.70. The first-order valence-corrected chi connectivity index (χ1v) is 3.09. The second kappa shape index (κ2) is 5.83. The van der Waals surface area contributed by atoms with E-state index < -0.39 is 0 Å². The highest BCUT2D eigenvalue weighted by atomic mass is 13.8. The average molecular weight is 132 g/mol. The molecule has 0 unspecified atom stereocenters. The third kappa shape index (κ3) is 3.67. The fraction of sp³-hybridized carbons (Fsp3) is 0. The highest BCUT2D eigenvalue weighted by molar-refractivity contribution is 5.33. The molecule has 0 saturated heterocycles. The zero-order valence-electron chi connectivity index (χ0n) is 6.09. The van der Waals surface area contributed by atoms with E-state index in [0.29, 0.717) is 0 Å². The molecule has 52 valence electrons. The summed E-state index contributed by atoms with van der Waals surface area (Å²) in [4.78, 5) is 0. The van der Waals surface area contributed by atoms with Crippen LogP contribution >= 0.6 is 0 Å². The van der Waals surface area contributed by atoms with Crippen LogP contribution in [0.5, 0.6) is 0 Å². The molecule has 0 aliphatic heterocycles. The van der Waals surface area contributed by atoms with Gasteiger partial charge in [-0.3, -0.25) is 0 Å². The van der Waals surface area contributed by atoms with E-state index in [-0.39, 0.29) is 0 Å². The maximum Gasteiger partial charge on any atom is -0.0263 e. The van der Waals surface area contributed by atoms with E-state index in [4.69, 9.17) is 0 Å². The van der Waals surface area contributed by atoms with Crippen LogP contribution in [0.4, 0.5) is 0 Å². The smallest absolute Gasteiger partial charge is 0.0263 e. The summed E-state index contributed by atoms with van der Waals surface area (Å²) >= 11 is 0. The standard InChI is InChI=1S/C10H12/c1-4-7-9-10(6-3)8-5-2/h4-9H,1-3H2/b9-7-,10-8+. The molecule has 0 aromatic carbocycles. The minimum absolute atomic E-state index is 1.04. The zero-order valence-corrected chi connectivity index (χ0v) is 6.09. The van der Waals surface area contributed by atoms with Crippen LogP contribution in [0.3, 0.4) is 0 Å². The predicted octanol–water partition coefficient (Wildman–Crippen LogP) is 3.03. The molecule has 0 nitrogen and oxygen atoms in total. The summed E-state index contributed by atoms with van der Waals surface area (Å²) < 4.78 is 0. The Morgan fingerprint density at radius 3 is 2.10 bits per heavy atom. The lowest BCUT2D eigenvalue weighted by Gasteiger charge is -1.86. The summed E-state index contributed by atoms with van der Waals surface area (Å²) in [5, 5.41) is 0. The molecule has 0 N–H and O–H groups in total. The number of rotatable bonds is 4. The quantitative estimate of drug-likeness (QED) is 0.516. The third-order valence-electron chi connectivity index (χ3n) is 0.971. The summed E-state index contributed by atoms with van der Waals surface area (Å²) in [6, 6.07) is 0. The van der Waals surface area contributed by atoms with Crippen LogP contribution in [0.2, 0.25) is 0 Å². The number of hydrogen-bond donors (Lipinski definition) is 0. The van der Waals surface area contributed by atoms with Gasteiger partial charge < -0.3 is 0 Å². The first-order valence-electron chi connectivity index (χ1n) is 3.09. The topological polar surface area (TPSA) is 0 Å². The third-order valence-corrected chi connectivity index (χ3v) is 0.971. The molecule has 0 atom stereocenters. The van der Waals surface area contributed by atoms with Crippen molar-refractivity contribution < 1.29 is 0 Å². The molecule has 0 rings (SSSR count). The lowest BCUT2D eigenvalue weighted by Crippen LogP contribution is -1.65. The molecule has 0 spiro atoms. The molecular weight excluding hydrogens is 120 g/mol. The van der Waals surface area contributed by atoms with Gasteiger partial charge in [0.2, 0.25) is 0 Å². The van der Waals surface area contributed by atoms with Crippen LogP contribution in [0, 0.1) is 0 Å². The van der Waals surface area contributed by atoms with Gasteiger partial charge in [0.05, 0.1) is 0 Å². The first kappa shape index (κ1) is 8.70. The fourth-order valence-corrected chi connectivity index (χ4v) is 0.507. The van der Waals surface area contributed by atoms with E-state index in [2.05, 4.69) is 19.7 Å². The van der Waals surface area contributed by atoms with Crippen LogP contribution in [-0.2, 0) is 0 Å². The van der Waals surface area contributed by atoms with E-state index in [9.17, 15) is 0 Å². The Morgan fingerprint density at radius 1 is 1.00 bits per heavy atom. The summed E-state index contributed by atoms with van der Waals surface area (Å²) in [5.41, 5.74) is 1.04. The number of hydrogen-bond acceptors (Lipinski definition) is 0. The number of allylic oxidation sites excluding steroid dienone is 7. The molecule has 0 aromatic heterocycles. The Morgan fingerprint density at radius 2 is 1.70 bits per heavy atom. The SMILES string of the molecule is C=C/C=C\C(C=C)=C\C=C. The maximum atomic E-state index is 3.63. The van der Waals surface area contributed by atoms with Gasteiger partial charge in [-0.05, 0) is 5.57 Å². The molecule has 0 heterocycles. The molecule has 10 heavy (non-hydrogen) atoms. The van der Waals surface area contributed by atoms with E-state index >= 15 is 0 Å². The van der Waals surface area contributed by atoms with Crippen LogP contribution in [-0.4, -0.2) is 0 Å². The second-order valence-corrected chi connectivity index (χ2v) is 1.70. The normalized spacial score (nSPS) is 11.4. The van der Waals surface area contributed by atoms with Crippen LogP contribution in [0.25, 0.3) is 0 Å². The van der Waals surface area contributed by atoms with Crippen molar-refractivity contribution in [1.29, 1.82) is 0 Å². The minimum atomic E-state index is 1.04. The molecule has 0 aliphatic carbocycles. The average Bonchev–Trinajstić information content (AvgIpc) is 1.98. The van der Waals surface area contributed by atoms with Gasteiger partial charge in [0.15, 0.2) is 0 Å². The van der Waals surface area contributed by atoms with E-state index in [1.807, 2.05) is 18.2 Å². The molecule has 0 radical (unpaired) electrons. The zero-order chi connectivity index (χ0) is 7.82. The molecule has 0 heteroatoms.